The van der Waals surface area contributed by atoms with E-state index < -0.39 is 15.8 Å². The van der Waals surface area contributed by atoms with E-state index in [1.807, 2.05) is 30.3 Å². The molecule has 7 heteroatoms. The van der Waals surface area contributed by atoms with Crippen LogP contribution >= 0.6 is 0 Å². The SMILES string of the molecule is CC(C)C[C@@H](NC(=O)c1cccc(S(=O)(=O)Nc2ccccc2F)c1)c1ccccc1. The smallest absolute Gasteiger partial charge is 0.262 e. The molecule has 3 rings (SSSR count). The minimum atomic E-state index is -4.06. The van der Waals surface area contributed by atoms with Crippen LogP contribution in [0.2, 0.25) is 0 Å². The number of benzene rings is 3. The molecule has 1 atom stereocenters. The van der Waals surface area contributed by atoms with Gasteiger partial charge in [-0.15, -0.1) is 0 Å². The number of hydrogen-bond donors (Lipinski definition) is 2. The van der Waals surface area contributed by atoms with Crippen molar-refractivity contribution < 1.29 is 17.6 Å². The van der Waals surface area contributed by atoms with Crippen molar-refractivity contribution in [2.24, 2.45) is 5.92 Å². The van der Waals surface area contributed by atoms with Crippen LogP contribution in [0, 0.1) is 11.7 Å². The Balaban J connectivity index is 1.83. The molecule has 162 valence electrons. The van der Waals surface area contributed by atoms with Gasteiger partial charge in [0.25, 0.3) is 15.9 Å². The molecule has 0 bridgehead atoms. The Hall–Kier alpha value is -3.19. The summed E-state index contributed by atoms with van der Waals surface area (Å²) in [6, 6.07) is 20.6. The molecular formula is C24H25FN2O3S. The number of para-hydroxylation sites is 1. The Bertz CT molecular complexity index is 1150. The van der Waals surface area contributed by atoms with Crippen LogP contribution in [-0.4, -0.2) is 14.3 Å². The zero-order valence-electron chi connectivity index (χ0n) is 17.4. The first-order valence-corrected chi connectivity index (χ1v) is 11.5. The molecule has 0 aliphatic heterocycles. The average Bonchev–Trinajstić information content (AvgIpc) is 2.75. The molecule has 3 aromatic rings. The number of halogens is 1. The fourth-order valence-electron chi connectivity index (χ4n) is 3.23. The predicted molar refractivity (Wildman–Crippen MR) is 120 cm³/mol. The first-order valence-electron chi connectivity index (χ1n) is 9.99. The van der Waals surface area contributed by atoms with Crippen LogP contribution in [0.1, 0.15) is 42.2 Å². The van der Waals surface area contributed by atoms with E-state index in [-0.39, 0.29) is 28.1 Å². The number of sulfonamides is 1. The molecular weight excluding hydrogens is 415 g/mol. The molecule has 0 aromatic heterocycles. The van der Waals surface area contributed by atoms with Crippen molar-refractivity contribution in [2.75, 3.05) is 4.72 Å². The lowest BCUT2D eigenvalue weighted by Gasteiger charge is -2.21. The second-order valence-corrected chi connectivity index (χ2v) is 9.36. The lowest BCUT2D eigenvalue weighted by molar-refractivity contribution is 0.0931. The largest absolute Gasteiger partial charge is 0.345 e. The first kappa shape index (κ1) is 22.5. The third-order valence-corrected chi connectivity index (χ3v) is 6.10. The van der Waals surface area contributed by atoms with Gasteiger partial charge in [0.2, 0.25) is 0 Å². The van der Waals surface area contributed by atoms with Crippen molar-refractivity contribution in [2.45, 2.75) is 31.2 Å². The fourth-order valence-corrected chi connectivity index (χ4v) is 4.34. The molecule has 0 aliphatic carbocycles. The van der Waals surface area contributed by atoms with Crippen molar-refractivity contribution in [3.63, 3.8) is 0 Å². The van der Waals surface area contributed by atoms with Crippen molar-refractivity contribution in [1.82, 2.24) is 5.32 Å². The van der Waals surface area contributed by atoms with Crippen LogP contribution in [0.3, 0.4) is 0 Å². The van der Waals surface area contributed by atoms with Crippen LogP contribution in [0.15, 0.2) is 83.8 Å². The first-order chi connectivity index (χ1) is 14.8. The van der Waals surface area contributed by atoms with Gasteiger partial charge in [-0.3, -0.25) is 9.52 Å². The quantitative estimate of drug-likeness (QED) is 0.509. The van der Waals surface area contributed by atoms with Gasteiger partial charge < -0.3 is 5.32 Å². The second-order valence-electron chi connectivity index (χ2n) is 7.68. The van der Waals surface area contributed by atoms with Gasteiger partial charge >= 0.3 is 0 Å². The van der Waals surface area contributed by atoms with Gasteiger partial charge in [-0.1, -0.05) is 62.4 Å². The molecule has 1 amide bonds. The Morgan fingerprint density at radius 3 is 2.29 bits per heavy atom. The number of hydrogen-bond acceptors (Lipinski definition) is 3. The summed E-state index contributed by atoms with van der Waals surface area (Å²) in [5.74, 6) is -0.709. The zero-order chi connectivity index (χ0) is 22.4. The molecule has 0 fully saturated rings. The van der Waals surface area contributed by atoms with E-state index in [9.17, 15) is 17.6 Å². The topological polar surface area (TPSA) is 75.3 Å². The van der Waals surface area contributed by atoms with Crippen molar-refractivity contribution in [1.29, 1.82) is 0 Å². The maximum absolute atomic E-state index is 13.9. The summed E-state index contributed by atoms with van der Waals surface area (Å²) in [6.45, 7) is 4.15. The summed E-state index contributed by atoms with van der Waals surface area (Å²) in [5, 5.41) is 3.00. The highest BCUT2D eigenvalue weighted by atomic mass is 32.2. The number of anilines is 1. The molecule has 0 spiro atoms. The highest BCUT2D eigenvalue weighted by Gasteiger charge is 2.20. The minimum absolute atomic E-state index is 0.122. The monoisotopic (exact) mass is 440 g/mol. The van der Waals surface area contributed by atoms with E-state index in [0.717, 1.165) is 12.0 Å². The summed E-state index contributed by atoms with van der Waals surface area (Å²) in [7, 11) is -4.06. The third-order valence-electron chi connectivity index (χ3n) is 4.74. The van der Waals surface area contributed by atoms with Crippen molar-refractivity contribution in [3.05, 3.63) is 95.8 Å². The normalized spacial score (nSPS) is 12.4. The van der Waals surface area contributed by atoms with E-state index in [1.165, 1.54) is 42.5 Å². The van der Waals surface area contributed by atoms with Crippen LogP contribution in [-0.2, 0) is 10.0 Å². The maximum atomic E-state index is 13.9. The predicted octanol–water partition coefficient (Wildman–Crippen LogP) is 5.14. The van der Waals surface area contributed by atoms with Gasteiger partial charge in [-0.05, 0) is 48.2 Å². The highest BCUT2D eigenvalue weighted by Crippen LogP contribution is 2.23. The number of carbonyl (C=O) groups is 1. The van der Waals surface area contributed by atoms with Crippen LogP contribution in [0.4, 0.5) is 10.1 Å². The van der Waals surface area contributed by atoms with E-state index >= 15 is 0 Å². The summed E-state index contributed by atoms with van der Waals surface area (Å²) in [4.78, 5) is 12.8. The number of rotatable bonds is 8. The van der Waals surface area contributed by atoms with Crippen LogP contribution < -0.4 is 10.0 Å². The van der Waals surface area contributed by atoms with Crippen LogP contribution in [0.5, 0.6) is 0 Å². The lowest BCUT2D eigenvalue weighted by atomic mass is 9.96. The Morgan fingerprint density at radius 1 is 0.935 bits per heavy atom. The summed E-state index contributed by atoms with van der Waals surface area (Å²) < 4.78 is 41.5. The summed E-state index contributed by atoms with van der Waals surface area (Å²) >= 11 is 0. The minimum Gasteiger partial charge on any atom is -0.345 e. The third kappa shape index (κ3) is 5.92. The van der Waals surface area contributed by atoms with Crippen LogP contribution in [0.25, 0.3) is 0 Å². The van der Waals surface area contributed by atoms with Gasteiger partial charge in [0.05, 0.1) is 16.6 Å². The molecule has 3 aromatic carbocycles. The van der Waals surface area contributed by atoms with Gasteiger partial charge in [0, 0.05) is 5.56 Å². The van der Waals surface area contributed by atoms with Crippen molar-refractivity contribution in [3.8, 4) is 0 Å². The van der Waals surface area contributed by atoms with E-state index in [0.29, 0.717) is 5.92 Å². The number of nitrogens with one attached hydrogen (secondary N) is 2. The maximum Gasteiger partial charge on any atom is 0.262 e. The fraction of sp³-hybridized carbons (Fsp3) is 0.208. The number of amides is 1. The van der Waals surface area contributed by atoms with E-state index in [2.05, 4.69) is 23.9 Å². The number of carbonyl (C=O) groups excluding carboxylic acids is 1. The van der Waals surface area contributed by atoms with Gasteiger partial charge in [-0.25, -0.2) is 12.8 Å². The highest BCUT2D eigenvalue weighted by molar-refractivity contribution is 7.92. The molecule has 0 aliphatic rings. The van der Waals surface area contributed by atoms with Gasteiger partial charge in [-0.2, -0.15) is 0 Å². The molecule has 0 saturated heterocycles. The Labute approximate surface area is 182 Å². The van der Waals surface area contributed by atoms with E-state index in [1.54, 1.807) is 6.07 Å². The average molecular weight is 441 g/mol. The molecule has 0 radical (unpaired) electrons. The van der Waals surface area contributed by atoms with Gasteiger partial charge in [0.15, 0.2) is 0 Å². The van der Waals surface area contributed by atoms with Gasteiger partial charge in [0.1, 0.15) is 5.82 Å². The van der Waals surface area contributed by atoms with Crippen molar-refractivity contribution >= 4 is 21.6 Å². The standard InChI is InChI=1S/C24H25FN2O3S/c1-17(2)15-23(18-9-4-3-5-10-18)26-24(28)19-11-8-12-20(16-19)31(29,30)27-22-14-7-6-13-21(22)25/h3-14,16-17,23,27H,15H2,1-2H3,(H,26,28)/t23-/m1/s1. The molecule has 0 unspecified atom stereocenters. The zero-order valence-corrected chi connectivity index (χ0v) is 18.2. The summed E-state index contributed by atoms with van der Waals surface area (Å²) in [5.41, 5.74) is 1.04. The Kier molecular flexibility index (Phi) is 7.07. The Morgan fingerprint density at radius 2 is 1.61 bits per heavy atom. The molecule has 5 nitrogen and oxygen atoms in total. The second kappa shape index (κ2) is 9.75. The molecule has 31 heavy (non-hydrogen) atoms. The molecule has 0 saturated carbocycles. The van der Waals surface area contributed by atoms with E-state index in [4.69, 9.17) is 0 Å². The lowest BCUT2D eigenvalue weighted by Crippen LogP contribution is -2.29. The summed E-state index contributed by atoms with van der Waals surface area (Å²) in [6.07, 6.45) is 0.739. The molecule has 0 heterocycles. The molecule has 2 N–H and O–H groups in total.